The second-order valence-corrected chi connectivity index (χ2v) is 5.63. The Labute approximate surface area is 155 Å². The minimum atomic E-state index is -3.57. The van der Waals surface area contributed by atoms with Crippen molar-refractivity contribution >= 4 is 18.1 Å². The molecule has 148 valence electrons. The third-order valence-electron chi connectivity index (χ3n) is 4.15. The molecule has 26 heavy (non-hydrogen) atoms. The Hall–Kier alpha value is -1.75. The number of nitrogens with one attached hydrogen (secondary N) is 1. The van der Waals surface area contributed by atoms with Crippen molar-refractivity contribution < 1.29 is 28.3 Å². The summed E-state index contributed by atoms with van der Waals surface area (Å²) in [7, 11) is 2.62. The van der Waals surface area contributed by atoms with E-state index in [1.807, 2.05) is 0 Å². The zero-order valence-electron chi connectivity index (χ0n) is 14.4. The van der Waals surface area contributed by atoms with Crippen molar-refractivity contribution in [1.82, 2.24) is 10.2 Å². The van der Waals surface area contributed by atoms with Gasteiger partial charge in [0.15, 0.2) is 11.5 Å². The molecular weight excluding hydrogens is 376 g/mol. The number of aliphatic hydroxyl groups excluding tert-OH is 1. The predicted molar refractivity (Wildman–Crippen MR) is 92.7 cm³/mol. The van der Waals surface area contributed by atoms with Crippen LogP contribution in [0.5, 0.6) is 11.5 Å². The molecule has 1 heterocycles. The van der Waals surface area contributed by atoms with Crippen LogP contribution in [0.3, 0.4) is 0 Å². The lowest BCUT2D eigenvalue weighted by Crippen LogP contribution is -2.51. The van der Waals surface area contributed by atoms with Gasteiger partial charge in [0.25, 0.3) is 11.6 Å². The monoisotopic (exact) mass is 397 g/mol. The highest BCUT2D eigenvalue weighted by atomic mass is 35.5. The van der Waals surface area contributed by atoms with Gasteiger partial charge in [0.2, 0.25) is 0 Å². The Kier molecular flexibility index (Phi) is 7.94. The first-order valence-electron chi connectivity index (χ1n) is 7.69. The molecule has 1 saturated heterocycles. The van der Waals surface area contributed by atoms with Gasteiger partial charge in [-0.15, -0.1) is 12.4 Å². The Balaban J connectivity index is 0.00000338. The fourth-order valence-electron chi connectivity index (χ4n) is 2.98. The summed E-state index contributed by atoms with van der Waals surface area (Å²) < 4.78 is 39.2. The van der Waals surface area contributed by atoms with Gasteiger partial charge in [0.1, 0.15) is 12.6 Å². The van der Waals surface area contributed by atoms with Crippen LogP contribution in [0.1, 0.15) is 11.6 Å². The molecule has 1 aliphatic heterocycles. The van der Waals surface area contributed by atoms with E-state index >= 15 is 0 Å². The summed E-state index contributed by atoms with van der Waals surface area (Å²) in [6.07, 6.45) is 0. The van der Waals surface area contributed by atoms with Crippen LogP contribution in [0.15, 0.2) is 12.1 Å². The number of hydrogen-bond donors (Lipinski definition) is 2. The highest BCUT2D eigenvalue weighted by Gasteiger charge is 2.47. The normalized spacial score (nSPS) is 16.5. The molecular formula is C15H22ClF2N3O5. The highest BCUT2D eigenvalue weighted by molar-refractivity contribution is 5.85. The molecule has 0 amide bonds. The van der Waals surface area contributed by atoms with Crippen LogP contribution in [0, 0.1) is 10.1 Å². The fraction of sp³-hybridized carbons (Fsp3) is 0.600. The lowest BCUT2D eigenvalue weighted by molar-refractivity contribution is -0.386. The van der Waals surface area contributed by atoms with E-state index in [0.717, 1.165) is 6.07 Å². The Morgan fingerprint density at radius 2 is 1.85 bits per heavy atom. The maximum atomic E-state index is 14.5. The zero-order valence-corrected chi connectivity index (χ0v) is 15.2. The Bertz CT molecular complexity index is 630. The van der Waals surface area contributed by atoms with E-state index in [1.165, 1.54) is 25.2 Å². The highest BCUT2D eigenvalue weighted by Crippen LogP contribution is 2.44. The minimum absolute atomic E-state index is 0. The molecule has 0 aliphatic carbocycles. The minimum Gasteiger partial charge on any atom is -0.493 e. The standard InChI is InChI=1S/C15H21F2N3O5.ClH/c1-24-12-7-10(11(20(22)23)8-13(12)25-2)14(15(16,17)9-21)19-5-3-18-4-6-19;/h7-8,14,18,21H,3-6,9H2,1-2H3;1H/t14-;/m1./s1. The van der Waals surface area contributed by atoms with Gasteiger partial charge >= 0.3 is 0 Å². The van der Waals surface area contributed by atoms with E-state index < -0.39 is 29.2 Å². The number of nitro benzene ring substituents is 1. The van der Waals surface area contributed by atoms with Crippen molar-refractivity contribution in [3.63, 3.8) is 0 Å². The maximum absolute atomic E-state index is 14.5. The van der Waals surface area contributed by atoms with Crippen LogP contribution < -0.4 is 14.8 Å². The van der Waals surface area contributed by atoms with Crippen LogP contribution in [0.25, 0.3) is 0 Å². The van der Waals surface area contributed by atoms with E-state index in [-0.39, 0.29) is 42.6 Å². The third kappa shape index (κ3) is 4.50. The fourth-order valence-corrected chi connectivity index (χ4v) is 2.98. The number of methoxy groups -OCH3 is 2. The Morgan fingerprint density at radius 3 is 2.31 bits per heavy atom. The number of rotatable bonds is 7. The average Bonchev–Trinajstić information content (AvgIpc) is 2.61. The molecule has 2 N–H and O–H groups in total. The molecule has 0 bridgehead atoms. The van der Waals surface area contributed by atoms with Crippen molar-refractivity contribution in [1.29, 1.82) is 0 Å². The summed E-state index contributed by atoms with van der Waals surface area (Å²) in [5, 5.41) is 23.7. The van der Waals surface area contributed by atoms with Crippen molar-refractivity contribution in [2.75, 3.05) is 47.0 Å². The van der Waals surface area contributed by atoms with Crippen molar-refractivity contribution in [2.45, 2.75) is 12.0 Å². The van der Waals surface area contributed by atoms with E-state index in [1.54, 1.807) is 0 Å². The molecule has 1 fully saturated rings. The maximum Gasteiger partial charge on any atom is 0.290 e. The summed E-state index contributed by atoms with van der Waals surface area (Å²) in [5.41, 5.74) is -0.724. The van der Waals surface area contributed by atoms with E-state index in [9.17, 15) is 24.0 Å². The van der Waals surface area contributed by atoms with Crippen LogP contribution in [0.2, 0.25) is 0 Å². The average molecular weight is 398 g/mol. The van der Waals surface area contributed by atoms with Crippen LogP contribution in [-0.4, -0.2) is 67.9 Å². The van der Waals surface area contributed by atoms with Crippen molar-refractivity contribution in [2.24, 2.45) is 0 Å². The SMILES string of the molecule is COc1cc([C@@H](N2CCNCC2)C(F)(F)CO)c([N+](=O)[O-])cc1OC.Cl. The largest absolute Gasteiger partial charge is 0.493 e. The molecule has 0 radical (unpaired) electrons. The first-order chi connectivity index (χ1) is 11.9. The molecule has 1 aromatic carbocycles. The van der Waals surface area contributed by atoms with Gasteiger partial charge in [-0.3, -0.25) is 15.0 Å². The van der Waals surface area contributed by atoms with Crippen molar-refractivity contribution in [3.8, 4) is 11.5 Å². The summed E-state index contributed by atoms with van der Waals surface area (Å²) in [5.74, 6) is -3.39. The number of alkyl halides is 2. The van der Waals surface area contributed by atoms with E-state index in [2.05, 4.69) is 5.32 Å². The number of hydrogen-bond acceptors (Lipinski definition) is 7. The summed E-state index contributed by atoms with van der Waals surface area (Å²) in [4.78, 5) is 12.2. The number of benzene rings is 1. The number of ether oxygens (including phenoxy) is 2. The summed E-state index contributed by atoms with van der Waals surface area (Å²) in [6.45, 7) is 0.0583. The third-order valence-corrected chi connectivity index (χ3v) is 4.15. The molecule has 1 aromatic rings. The van der Waals surface area contributed by atoms with Gasteiger partial charge < -0.3 is 19.9 Å². The molecule has 0 saturated carbocycles. The summed E-state index contributed by atoms with van der Waals surface area (Å²) >= 11 is 0. The molecule has 1 aliphatic rings. The molecule has 0 spiro atoms. The number of halogens is 3. The first-order valence-corrected chi connectivity index (χ1v) is 7.69. The zero-order chi connectivity index (χ0) is 18.6. The predicted octanol–water partition coefficient (Wildman–Crippen LogP) is 1.61. The van der Waals surface area contributed by atoms with Gasteiger partial charge in [-0.2, -0.15) is 0 Å². The topological polar surface area (TPSA) is 97.1 Å². The molecule has 1 atom stereocenters. The van der Waals surface area contributed by atoms with Gasteiger partial charge in [-0.1, -0.05) is 0 Å². The van der Waals surface area contributed by atoms with Gasteiger partial charge in [-0.05, 0) is 6.07 Å². The van der Waals surface area contributed by atoms with Gasteiger partial charge in [-0.25, -0.2) is 8.78 Å². The van der Waals surface area contributed by atoms with Gasteiger partial charge in [0.05, 0.1) is 30.8 Å². The number of aliphatic hydroxyl groups is 1. The van der Waals surface area contributed by atoms with E-state index in [0.29, 0.717) is 13.1 Å². The second kappa shape index (κ2) is 9.26. The second-order valence-electron chi connectivity index (χ2n) is 5.63. The summed E-state index contributed by atoms with van der Waals surface area (Å²) in [6, 6.07) is 0.601. The molecule has 11 heteroatoms. The molecule has 8 nitrogen and oxygen atoms in total. The number of nitro groups is 1. The van der Waals surface area contributed by atoms with Crippen LogP contribution >= 0.6 is 12.4 Å². The first kappa shape index (κ1) is 22.3. The number of piperazine rings is 1. The van der Waals surface area contributed by atoms with Crippen LogP contribution in [0.4, 0.5) is 14.5 Å². The lowest BCUT2D eigenvalue weighted by Gasteiger charge is -2.38. The molecule has 0 aromatic heterocycles. The van der Waals surface area contributed by atoms with Gasteiger partial charge in [0, 0.05) is 26.2 Å². The van der Waals surface area contributed by atoms with E-state index in [4.69, 9.17) is 9.47 Å². The molecule has 2 rings (SSSR count). The van der Waals surface area contributed by atoms with Crippen molar-refractivity contribution in [3.05, 3.63) is 27.8 Å². The Morgan fingerprint density at radius 1 is 1.31 bits per heavy atom. The molecule has 0 unspecified atom stereocenters. The quantitative estimate of drug-likeness (QED) is 0.533. The lowest BCUT2D eigenvalue weighted by atomic mass is 9.96. The smallest absolute Gasteiger partial charge is 0.290 e. The number of nitrogens with zero attached hydrogens (tertiary/aromatic N) is 2. The van der Waals surface area contributed by atoms with Crippen LogP contribution in [-0.2, 0) is 0 Å².